The van der Waals surface area contributed by atoms with Gasteiger partial charge in [0.05, 0.1) is 29.9 Å². The molecular weight excluding hydrogens is 426 g/mol. The van der Waals surface area contributed by atoms with Gasteiger partial charge in [0, 0.05) is 30.8 Å². The number of methoxy groups -OCH3 is 1. The number of aliphatic hydroxyl groups is 1. The smallest absolute Gasteiger partial charge is 0.201 e. The van der Waals surface area contributed by atoms with E-state index in [2.05, 4.69) is 9.97 Å². The Bertz CT molecular complexity index is 1240. The Morgan fingerprint density at radius 1 is 1.06 bits per heavy atom. The fourth-order valence-electron chi connectivity index (χ4n) is 4.06. The van der Waals surface area contributed by atoms with Gasteiger partial charge >= 0.3 is 0 Å². The molecular formula is C24H27N3O4S. The molecule has 0 unspecified atom stereocenters. The summed E-state index contributed by atoms with van der Waals surface area (Å²) in [5.74, 6) is 0.788. The van der Waals surface area contributed by atoms with Crippen molar-refractivity contribution in [2.75, 3.05) is 25.1 Å². The fourth-order valence-corrected chi connectivity index (χ4v) is 5.26. The van der Waals surface area contributed by atoms with Crippen molar-refractivity contribution in [3.05, 3.63) is 65.4 Å². The Kier molecular flexibility index (Phi) is 5.68. The van der Waals surface area contributed by atoms with E-state index in [4.69, 9.17) is 4.74 Å². The summed E-state index contributed by atoms with van der Waals surface area (Å²) in [5.41, 5.74) is 3.37. The Morgan fingerprint density at radius 2 is 1.72 bits per heavy atom. The van der Waals surface area contributed by atoms with E-state index >= 15 is 0 Å². The van der Waals surface area contributed by atoms with Crippen molar-refractivity contribution in [1.29, 1.82) is 0 Å². The largest absolute Gasteiger partial charge is 0.497 e. The summed E-state index contributed by atoms with van der Waals surface area (Å²) in [6, 6.07) is 14.4. The molecule has 0 bridgehead atoms. The molecule has 0 atom stereocenters. The van der Waals surface area contributed by atoms with E-state index in [0.717, 1.165) is 16.7 Å². The Hall–Kier alpha value is -2.97. The maximum absolute atomic E-state index is 13.2. The highest BCUT2D eigenvalue weighted by Gasteiger charge is 2.37. The molecule has 8 heteroatoms. The highest BCUT2D eigenvalue weighted by molar-refractivity contribution is 7.90. The summed E-state index contributed by atoms with van der Waals surface area (Å²) in [6.45, 7) is 6.58. The minimum Gasteiger partial charge on any atom is -0.497 e. The van der Waals surface area contributed by atoms with E-state index in [0.29, 0.717) is 36.0 Å². The first-order valence-corrected chi connectivity index (χ1v) is 12.0. The molecule has 0 spiro atoms. The average molecular weight is 454 g/mol. The van der Waals surface area contributed by atoms with Crippen molar-refractivity contribution in [2.24, 2.45) is 0 Å². The summed E-state index contributed by atoms with van der Waals surface area (Å²) >= 11 is 0. The normalized spacial score (nSPS) is 15.3. The van der Waals surface area contributed by atoms with Crippen LogP contribution in [0.2, 0.25) is 0 Å². The molecule has 1 N–H and O–H groups in total. The third-order valence-electron chi connectivity index (χ3n) is 5.58. The second-order valence-corrected chi connectivity index (χ2v) is 10.5. The maximum atomic E-state index is 13.2. The van der Waals surface area contributed by atoms with Crippen LogP contribution in [0.4, 0.5) is 5.82 Å². The van der Waals surface area contributed by atoms with Gasteiger partial charge in [0.1, 0.15) is 11.6 Å². The maximum Gasteiger partial charge on any atom is 0.201 e. The van der Waals surface area contributed by atoms with Gasteiger partial charge in [-0.25, -0.2) is 13.4 Å². The minimum atomic E-state index is -3.74. The first-order chi connectivity index (χ1) is 15.1. The highest BCUT2D eigenvalue weighted by Crippen LogP contribution is 2.30. The van der Waals surface area contributed by atoms with E-state index < -0.39 is 15.4 Å². The van der Waals surface area contributed by atoms with Gasteiger partial charge in [-0.15, -0.1) is 0 Å². The van der Waals surface area contributed by atoms with Crippen LogP contribution in [0.3, 0.4) is 0 Å². The quantitative estimate of drug-likeness (QED) is 0.612. The van der Waals surface area contributed by atoms with Gasteiger partial charge in [-0.05, 0) is 44.0 Å². The Morgan fingerprint density at radius 3 is 2.34 bits per heavy atom. The number of aryl methyl sites for hydroxylation is 2. The fraction of sp³-hybridized carbons (Fsp3) is 0.333. The Balaban J connectivity index is 1.67. The van der Waals surface area contributed by atoms with Crippen molar-refractivity contribution >= 4 is 15.7 Å². The molecule has 1 fully saturated rings. The summed E-state index contributed by atoms with van der Waals surface area (Å²) in [7, 11) is -2.19. The van der Waals surface area contributed by atoms with Crippen LogP contribution in [0, 0.1) is 13.8 Å². The first-order valence-electron chi connectivity index (χ1n) is 10.4. The average Bonchev–Trinajstić information content (AvgIpc) is 2.71. The molecule has 0 saturated carbocycles. The van der Waals surface area contributed by atoms with Crippen LogP contribution in [0.15, 0.2) is 53.6 Å². The predicted molar refractivity (Wildman–Crippen MR) is 124 cm³/mol. The summed E-state index contributed by atoms with van der Waals surface area (Å²) in [5, 5.41) is 9.96. The van der Waals surface area contributed by atoms with Crippen molar-refractivity contribution < 1.29 is 18.3 Å². The van der Waals surface area contributed by atoms with Crippen LogP contribution in [0.1, 0.15) is 23.7 Å². The summed E-state index contributed by atoms with van der Waals surface area (Å²) in [6.07, 6.45) is 0. The number of hydrogen-bond donors (Lipinski definition) is 1. The van der Waals surface area contributed by atoms with Crippen molar-refractivity contribution in [3.63, 3.8) is 0 Å². The zero-order valence-electron chi connectivity index (χ0n) is 18.7. The van der Waals surface area contributed by atoms with Crippen LogP contribution in [0.25, 0.3) is 11.3 Å². The van der Waals surface area contributed by atoms with Crippen LogP contribution in [-0.4, -0.2) is 49.3 Å². The second kappa shape index (κ2) is 8.18. The van der Waals surface area contributed by atoms with Gasteiger partial charge < -0.3 is 14.7 Å². The van der Waals surface area contributed by atoms with Gasteiger partial charge in [-0.3, -0.25) is 4.98 Å². The molecule has 7 nitrogen and oxygen atoms in total. The molecule has 0 radical (unpaired) electrons. The number of sulfone groups is 1. The molecule has 3 aromatic rings. The monoisotopic (exact) mass is 453 g/mol. The zero-order valence-corrected chi connectivity index (χ0v) is 19.5. The lowest BCUT2D eigenvalue weighted by molar-refractivity contribution is 0.0305. The van der Waals surface area contributed by atoms with Crippen molar-refractivity contribution in [1.82, 2.24) is 9.97 Å². The molecule has 32 heavy (non-hydrogen) atoms. The van der Waals surface area contributed by atoms with E-state index in [1.165, 1.54) is 6.07 Å². The predicted octanol–water partition coefficient (Wildman–Crippen LogP) is 3.31. The topological polar surface area (TPSA) is 92.6 Å². The van der Waals surface area contributed by atoms with E-state index in [1.807, 2.05) is 43.0 Å². The molecule has 1 aliphatic heterocycles. The lowest BCUT2D eigenvalue weighted by atomic mass is 9.97. The van der Waals surface area contributed by atoms with Crippen LogP contribution < -0.4 is 9.64 Å². The zero-order chi connectivity index (χ0) is 23.1. The molecule has 0 aliphatic carbocycles. The van der Waals surface area contributed by atoms with Gasteiger partial charge in [-0.2, -0.15) is 0 Å². The number of aromatic nitrogens is 2. The van der Waals surface area contributed by atoms with Gasteiger partial charge in [0.2, 0.25) is 9.84 Å². The third kappa shape index (κ3) is 4.47. The molecule has 1 aromatic carbocycles. The number of β-amino-alcohol motifs (C(OH)–C–C–N with tert-alkyl or cyclic N) is 1. The number of nitrogens with zero attached hydrogens (tertiary/aromatic N) is 3. The SMILES string of the molecule is COc1cc(CS(=O)(=O)c2cccc(N3CC(C)(O)C3)n2)nc(-c2c(C)cccc2C)c1. The van der Waals surface area contributed by atoms with Gasteiger partial charge in [0.15, 0.2) is 5.03 Å². The van der Waals surface area contributed by atoms with E-state index in [9.17, 15) is 13.5 Å². The first kappa shape index (κ1) is 22.2. The molecule has 3 heterocycles. The molecule has 168 valence electrons. The van der Waals surface area contributed by atoms with Crippen LogP contribution in [-0.2, 0) is 15.6 Å². The number of anilines is 1. The lowest BCUT2D eigenvalue weighted by Gasteiger charge is -2.44. The van der Waals surface area contributed by atoms with Gasteiger partial charge in [0.25, 0.3) is 0 Å². The summed E-state index contributed by atoms with van der Waals surface area (Å²) in [4.78, 5) is 10.9. The van der Waals surface area contributed by atoms with Crippen LogP contribution >= 0.6 is 0 Å². The van der Waals surface area contributed by atoms with Gasteiger partial charge in [-0.1, -0.05) is 24.3 Å². The minimum absolute atomic E-state index is 0.0141. The highest BCUT2D eigenvalue weighted by atomic mass is 32.2. The Labute approximate surface area is 188 Å². The summed E-state index contributed by atoms with van der Waals surface area (Å²) < 4.78 is 31.8. The second-order valence-electron chi connectivity index (χ2n) is 8.60. The standard InChI is InChI=1S/C24H27N3O4S/c1-16-7-5-8-17(2)23(16)20-12-19(31-4)11-18(25-20)13-32(29,30)22-10-6-9-21(26-22)27-14-24(3,28)15-27/h5-12,28H,13-15H2,1-4H3. The molecule has 2 aromatic heterocycles. The molecule has 1 saturated heterocycles. The van der Waals surface area contributed by atoms with E-state index in [-0.39, 0.29) is 10.8 Å². The van der Waals surface area contributed by atoms with Crippen molar-refractivity contribution in [2.45, 2.75) is 37.2 Å². The third-order valence-corrected chi connectivity index (χ3v) is 7.12. The molecule has 4 rings (SSSR count). The number of rotatable bonds is 6. The number of pyridine rings is 2. The van der Waals surface area contributed by atoms with Crippen LogP contribution in [0.5, 0.6) is 5.75 Å². The number of hydrogen-bond acceptors (Lipinski definition) is 7. The number of benzene rings is 1. The number of ether oxygens (including phenoxy) is 1. The molecule has 1 aliphatic rings. The van der Waals surface area contributed by atoms with Crippen molar-refractivity contribution in [3.8, 4) is 17.0 Å². The van der Waals surface area contributed by atoms with E-state index in [1.54, 1.807) is 32.2 Å². The molecule has 0 amide bonds. The lowest BCUT2D eigenvalue weighted by Crippen LogP contribution is -2.60.